The highest BCUT2D eigenvalue weighted by Gasteiger charge is 2.41. The fraction of sp³-hybridized carbons (Fsp3) is 0.441. The zero-order valence-electron chi connectivity index (χ0n) is 24.1. The lowest BCUT2D eigenvalue weighted by Gasteiger charge is -2.44. The van der Waals surface area contributed by atoms with Crippen LogP contribution in [0.2, 0.25) is 0 Å². The number of hydrogen-bond acceptors (Lipinski definition) is 6. The third-order valence-electron chi connectivity index (χ3n) is 8.97. The van der Waals surface area contributed by atoms with Gasteiger partial charge in [0.15, 0.2) is 9.84 Å². The highest BCUT2D eigenvalue weighted by Crippen LogP contribution is 2.41. The molecule has 8 heteroatoms. The van der Waals surface area contributed by atoms with Gasteiger partial charge in [-0.3, -0.25) is 0 Å². The summed E-state index contributed by atoms with van der Waals surface area (Å²) in [5.74, 6) is 1.46. The van der Waals surface area contributed by atoms with Gasteiger partial charge in [0.05, 0.1) is 18.1 Å². The topological polar surface area (TPSA) is 84.9 Å². The van der Waals surface area contributed by atoms with Crippen molar-refractivity contribution in [2.45, 2.75) is 55.6 Å². The van der Waals surface area contributed by atoms with E-state index in [1.54, 1.807) is 0 Å². The number of aryl methyl sites for hydroxylation is 1. The molecule has 1 spiro atoms. The number of nitrogens with zero attached hydrogens (tertiary/aromatic N) is 1. The van der Waals surface area contributed by atoms with Crippen LogP contribution in [-0.4, -0.2) is 57.8 Å². The molecule has 3 heterocycles. The highest BCUT2D eigenvalue weighted by atomic mass is 32.2. The number of carbonyl (C=O) groups is 1. The molecule has 1 N–H and O–H groups in total. The molecule has 0 atom stereocenters. The van der Waals surface area contributed by atoms with E-state index >= 15 is 0 Å². The minimum atomic E-state index is -3.25. The second-order valence-corrected chi connectivity index (χ2v) is 14.1. The van der Waals surface area contributed by atoms with Crippen LogP contribution in [0.15, 0.2) is 72.8 Å². The lowest BCUT2D eigenvalue weighted by atomic mass is 9.82. The lowest BCUT2D eigenvalue weighted by molar-refractivity contribution is -0.0160. The Kier molecular flexibility index (Phi) is 8.54. The van der Waals surface area contributed by atoms with Crippen molar-refractivity contribution in [3.8, 4) is 16.9 Å². The van der Waals surface area contributed by atoms with Crippen LogP contribution in [0.5, 0.6) is 5.75 Å². The largest absolute Gasteiger partial charge is 0.487 e. The molecule has 3 aromatic carbocycles. The number of carbonyl (C=O) groups excluding carboxylic acids is 1. The van der Waals surface area contributed by atoms with Crippen LogP contribution >= 0.6 is 0 Å². The fourth-order valence-corrected chi connectivity index (χ4v) is 7.91. The van der Waals surface area contributed by atoms with Crippen LogP contribution < -0.4 is 10.1 Å². The molecule has 6 rings (SSSR count). The second kappa shape index (κ2) is 12.5. The molecule has 0 radical (unpaired) electrons. The zero-order chi connectivity index (χ0) is 29.0. The molecule has 7 nitrogen and oxygen atoms in total. The maximum Gasteiger partial charge on any atom is 0.409 e. The number of ether oxygens (including phenoxy) is 2. The van der Waals surface area contributed by atoms with Gasteiger partial charge in [-0.15, -0.1) is 0 Å². The van der Waals surface area contributed by atoms with Gasteiger partial charge in [-0.25, -0.2) is 13.2 Å². The molecular formula is C34H40N2O5S. The van der Waals surface area contributed by atoms with Crippen molar-refractivity contribution in [1.29, 1.82) is 0 Å². The Labute approximate surface area is 249 Å². The monoisotopic (exact) mass is 588 g/mol. The Hall–Kier alpha value is -3.36. The molecule has 3 aliphatic rings. The number of fused-ring (bicyclic) bond motifs is 1. The van der Waals surface area contributed by atoms with Crippen LogP contribution in [0.25, 0.3) is 11.1 Å². The summed E-state index contributed by atoms with van der Waals surface area (Å²) >= 11 is 0. The smallest absolute Gasteiger partial charge is 0.409 e. The Morgan fingerprint density at radius 2 is 1.55 bits per heavy atom. The van der Waals surface area contributed by atoms with Crippen molar-refractivity contribution in [2.75, 3.05) is 32.8 Å². The van der Waals surface area contributed by atoms with Gasteiger partial charge in [0.1, 0.15) is 11.4 Å². The molecule has 2 fully saturated rings. The predicted molar refractivity (Wildman–Crippen MR) is 164 cm³/mol. The van der Waals surface area contributed by atoms with E-state index in [2.05, 4.69) is 23.5 Å². The van der Waals surface area contributed by atoms with Gasteiger partial charge in [0.25, 0.3) is 0 Å². The average Bonchev–Trinajstić information content (AvgIpc) is 3.01. The first-order chi connectivity index (χ1) is 20.4. The van der Waals surface area contributed by atoms with Crippen molar-refractivity contribution in [2.24, 2.45) is 5.92 Å². The summed E-state index contributed by atoms with van der Waals surface area (Å²) in [5.41, 5.74) is 4.71. The second-order valence-electron chi connectivity index (χ2n) is 12.1. The normalized spacial score (nSPS) is 18.7. The number of benzene rings is 3. The van der Waals surface area contributed by atoms with E-state index in [1.165, 1.54) is 5.56 Å². The summed E-state index contributed by atoms with van der Waals surface area (Å²) in [6.07, 6.45) is 5.42. The van der Waals surface area contributed by atoms with Gasteiger partial charge in [-0.2, -0.15) is 0 Å². The molecule has 42 heavy (non-hydrogen) atoms. The lowest BCUT2D eigenvalue weighted by Crippen LogP contribution is -2.51. The van der Waals surface area contributed by atoms with Crippen molar-refractivity contribution < 1.29 is 22.7 Å². The number of likely N-dealkylation sites (tertiary alicyclic amines) is 1. The molecule has 3 aromatic rings. The van der Waals surface area contributed by atoms with Crippen molar-refractivity contribution in [3.63, 3.8) is 0 Å². The Morgan fingerprint density at radius 1 is 0.881 bits per heavy atom. The van der Waals surface area contributed by atoms with Gasteiger partial charge in [0, 0.05) is 25.9 Å². The third kappa shape index (κ3) is 6.98. The predicted octanol–water partition coefficient (Wildman–Crippen LogP) is 5.76. The van der Waals surface area contributed by atoms with E-state index in [0.29, 0.717) is 25.6 Å². The Bertz CT molecular complexity index is 1480. The number of nitrogens with one attached hydrogen (secondary N) is 1. The summed E-state index contributed by atoms with van der Waals surface area (Å²) in [4.78, 5) is 14.5. The summed E-state index contributed by atoms with van der Waals surface area (Å²) in [6.45, 7) is 3.84. The number of rotatable bonds is 7. The van der Waals surface area contributed by atoms with Gasteiger partial charge in [-0.1, -0.05) is 60.7 Å². The van der Waals surface area contributed by atoms with E-state index in [0.717, 1.165) is 79.6 Å². The van der Waals surface area contributed by atoms with Gasteiger partial charge in [0.2, 0.25) is 0 Å². The summed E-state index contributed by atoms with van der Waals surface area (Å²) < 4.78 is 37.7. The van der Waals surface area contributed by atoms with Crippen LogP contribution in [0.4, 0.5) is 4.79 Å². The summed E-state index contributed by atoms with van der Waals surface area (Å²) in [5, 5.41) is 3.35. The van der Waals surface area contributed by atoms with Crippen molar-refractivity contribution in [3.05, 3.63) is 89.5 Å². The fourth-order valence-electron chi connectivity index (χ4n) is 6.40. The first-order valence-electron chi connectivity index (χ1n) is 15.1. The third-order valence-corrected chi connectivity index (χ3v) is 10.5. The molecule has 3 aliphatic heterocycles. The number of hydrogen-bond donors (Lipinski definition) is 1. The molecule has 0 aliphatic carbocycles. The maximum absolute atomic E-state index is 12.7. The Morgan fingerprint density at radius 3 is 2.26 bits per heavy atom. The van der Waals surface area contributed by atoms with Crippen LogP contribution in [0.1, 0.15) is 48.8 Å². The number of piperidine rings is 2. The van der Waals surface area contributed by atoms with Gasteiger partial charge in [-0.05, 0) is 84.6 Å². The average molecular weight is 589 g/mol. The number of sulfone groups is 1. The standard InChI is InChI=1S/C34H40N2O5S/c37-33(40-23-26-13-18-35-19-14-26)36-20-16-34(17-21-36)15-12-31-22-30(10-11-32(31)41-34)29-8-6-28(7-9-29)25-42(38,39)24-27-4-2-1-3-5-27/h1-11,22,26,35H,12-21,23-25H2. The maximum atomic E-state index is 12.7. The van der Waals surface area contributed by atoms with Crippen LogP contribution in [0, 0.1) is 5.92 Å². The summed E-state index contributed by atoms with van der Waals surface area (Å²) in [7, 11) is -3.25. The number of amides is 1. The Balaban J connectivity index is 1.03. The zero-order valence-corrected chi connectivity index (χ0v) is 24.9. The highest BCUT2D eigenvalue weighted by molar-refractivity contribution is 7.89. The molecule has 0 unspecified atom stereocenters. The minimum absolute atomic E-state index is 0.0235. The first-order valence-corrected chi connectivity index (χ1v) is 17.0. The molecule has 0 aromatic heterocycles. The molecule has 0 bridgehead atoms. The van der Waals surface area contributed by atoms with E-state index < -0.39 is 9.84 Å². The van der Waals surface area contributed by atoms with E-state index in [4.69, 9.17) is 9.47 Å². The molecule has 222 valence electrons. The molecule has 1 amide bonds. The van der Waals surface area contributed by atoms with E-state index in [9.17, 15) is 13.2 Å². The first kappa shape index (κ1) is 28.7. The minimum Gasteiger partial charge on any atom is -0.487 e. The van der Waals surface area contributed by atoms with Crippen LogP contribution in [0.3, 0.4) is 0 Å². The quantitative estimate of drug-likeness (QED) is 0.378. The van der Waals surface area contributed by atoms with E-state index in [-0.39, 0.29) is 23.2 Å². The summed E-state index contributed by atoms with van der Waals surface area (Å²) in [6, 6.07) is 23.5. The molecular weight excluding hydrogens is 548 g/mol. The van der Waals surface area contributed by atoms with Gasteiger partial charge >= 0.3 is 6.09 Å². The van der Waals surface area contributed by atoms with Crippen molar-refractivity contribution >= 4 is 15.9 Å². The molecule has 0 saturated carbocycles. The SMILES string of the molecule is O=C(OCC1CCNCC1)N1CCC2(CCc3cc(-c4ccc(CS(=O)(=O)Cc5ccccc5)cc4)ccc3O2)CC1. The van der Waals surface area contributed by atoms with Crippen LogP contribution in [-0.2, 0) is 32.5 Å². The molecule has 2 saturated heterocycles. The van der Waals surface area contributed by atoms with Crippen molar-refractivity contribution in [1.82, 2.24) is 10.2 Å². The van der Waals surface area contributed by atoms with Gasteiger partial charge < -0.3 is 19.7 Å². The van der Waals surface area contributed by atoms with E-state index in [1.807, 2.05) is 59.5 Å².